The first kappa shape index (κ1) is 21.6. The maximum absolute atomic E-state index is 12.8. The van der Waals surface area contributed by atoms with Crippen molar-refractivity contribution in [2.75, 3.05) is 19.7 Å². The molecular formula is C17H24ClN3O5S. The van der Waals surface area contributed by atoms with E-state index in [1.165, 1.54) is 18.2 Å². The molecule has 0 aromatic heterocycles. The van der Waals surface area contributed by atoms with Crippen LogP contribution in [0, 0.1) is 0 Å². The number of halogens is 1. The molecule has 2 aliphatic rings. The summed E-state index contributed by atoms with van der Waals surface area (Å²) in [7, 11) is -3.99. The second-order valence-electron chi connectivity index (χ2n) is 7.23. The number of carbonyl (C=O) groups is 2. The number of sulfonamides is 1. The Kier molecular flexibility index (Phi) is 6.20. The van der Waals surface area contributed by atoms with Gasteiger partial charge in [-0.2, -0.15) is 0 Å². The van der Waals surface area contributed by atoms with E-state index in [4.69, 9.17) is 10.5 Å². The zero-order chi connectivity index (χ0) is 19.1. The summed E-state index contributed by atoms with van der Waals surface area (Å²) in [6.07, 6.45) is 1.29. The molecule has 1 atom stereocenters. The number of amides is 2. The number of hydrogen-bond donors (Lipinski definition) is 2. The molecule has 10 heteroatoms. The van der Waals surface area contributed by atoms with Crippen LogP contribution in [0.2, 0.25) is 0 Å². The molecule has 1 aromatic carbocycles. The van der Waals surface area contributed by atoms with E-state index in [9.17, 15) is 18.0 Å². The Morgan fingerprint density at radius 2 is 2.11 bits per heavy atom. The highest BCUT2D eigenvalue weighted by atomic mass is 35.5. The lowest BCUT2D eigenvalue weighted by atomic mass is 10.0. The summed E-state index contributed by atoms with van der Waals surface area (Å²) in [5.41, 5.74) is 5.23. The molecule has 1 fully saturated rings. The van der Waals surface area contributed by atoms with Gasteiger partial charge in [0.05, 0.1) is 18.2 Å². The van der Waals surface area contributed by atoms with Crippen molar-refractivity contribution in [3.8, 4) is 0 Å². The van der Waals surface area contributed by atoms with Gasteiger partial charge in [0.15, 0.2) is 0 Å². The van der Waals surface area contributed by atoms with Gasteiger partial charge in [0.1, 0.15) is 4.90 Å². The molecule has 150 valence electrons. The molecule has 27 heavy (non-hydrogen) atoms. The summed E-state index contributed by atoms with van der Waals surface area (Å²) < 4.78 is 31.9. The van der Waals surface area contributed by atoms with Gasteiger partial charge in [-0.25, -0.2) is 12.7 Å². The first-order chi connectivity index (χ1) is 12.2. The molecule has 1 saturated heterocycles. The largest absolute Gasteiger partial charge is 0.376 e. The van der Waals surface area contributed by atoms with Gasteiger partial charge in [-0.05, 0) is 44.9 Å². The third-order valence-electron chi connectivity index (χ3n) is 4.62. The molecule has 8 nitrogen and oxygen atoms in total. The Morgan fingerprint density at radius 1 is 1.41 bits per heavy atom. The second kappa shape index (κ2) is 7.75. The van der Waals surface area contributed by atoms with Crippen molar-refractivity contribution < 1.29 is 22.7 Å². The zero-order valence-corrected chi connectivity index (χ0v) is 16.9. The number of nitrogens with zero attached hydrogens (tertiary/aromatic N) is 1. The van der Waals surface area contributed by atoms with Gasteiger partial charge >= 0.3 is 0 Å². The van der Waals surface area contributed by atoms with Gasteiger partial charge in [0.25, 0.3) is 21.8 Å². The summed E-state index contributed by atoms with van der Waals surface area (Å²) >= 11 is 0. The number of hydrogen-bond acceptors (Lipinski definition) is 6. The molecule has 0 radical (unpaired) electrons. The number of ether oxygens (including phenoxy) is 1. The average Bonchev–Trinajstić information content (AvgIpc) is 3.16. The molecule has 1 unspecified atom stereocenters. The quantitative estimate of drug-likeness (QED) is 0.734. The van der Waals surface area contributed by atoms with Crippen molar-refractivity contribution >= 4 is 34.2 Å². The van der Waals surface area contributed by atoms with Crippen LogP contribution in [0.1, 0.15) is 47.4 Å². The molecule has 3 N–H and O–H groups in total. The third-order valence-corrected chi connectivity index (χ3v) is 6.41. The smallest absolute Gasteiger partial charge is 0.269 e. The minimum atomic E-state index is -3.99. The van der Waals surface area contributed by atoms with E-state index < -0.39 is 27.4 Å². The van der Waals surface area contributed by atoms with Gasteiger partial charge in [-0.15, -0.1) is 12.4 Å². The van der Waals surface area contributed by atoms with Crippen LogP contribution in [0.3, 0.4) is 0 Å². The average molecular weight is 418 g/mol. The van der Waals surface area contributed by atoms with E-state index in [0.29, 0.717) is 6.61 Å². The monoisotopic (exact) mass is 417 g/mol. The van der Waals surface area contributed by atoms with E-state index >= 15 is 0 Å². The van der Waals surface area contributed by atoms with Gasteiger partial charge in [-0.1, -0.05) is 0 Å². The summed E-state index contributed by atoms with van der Waals surface area (Å²) in [4.78, 5) is 24.8. The molecule has 0 saturated carbocycles. The molecule has 3 rings (SSSR count). The van der Waals surface area contributed by atoms with E-state index in [0.717, 1.165) is 17.1 Å². The fourth-order valence-corrected chi connectivity index (χ4v) is 4.63. The lowest BCUT2D eigenvalue weighted by Gasteiger charge is -2.24. The van der Waals surface area contributed by atoms with E-state index in [1.807, 2.05) is 0 Å². The minimum Gasteiger partial charge on any atom is -0.376 e. The first-order valence-corrected chi connectivity index (χ1v) is 9.95. The van der Waals surface area contributed by atoms with Crippen molar-refractivity contribution in [1.29, 1.82) is 0 Å². The number of nitrogens with one attached hydrogen (secondary N) is 1. The fourth-order valence-electron chi connectivity index (χ4n) is 3.00. The van der Waals surface area contributed by atoms with Crippen molar-refractivity contribution in [3.05, 3.63) is 29.3 Å². The highest BCUT2D eigenvalue weighted by Crippen LogP contribution is 2.32. The molecular weight excluding hydrogens is 394 g/mol. The standard InChI is InChI=1S/C17H23N3O5S.ClH/c1-17(2,10-18)19-15(21)11-5-6-13-14(8-11)26(23,24)20(16(13)22)9-12-4-3-7-25-12;/h5-6,8,12H,3-4,7,9-10,18H2,1-2H3,(H,19,21);1H. The topological polar surface area (TPSA) is 119 Å². The lowest BCUT2D eigenvalue weighted by Crippen LogP contribution is -2.48. The van der Waals surface area contributed by atoms with Crippen LogP contribution >= 0.6 is 12.4 Å². The van der Waals surface area contributed by atoms with Gasteiger partial charge in [0, 0.05) is 24.3 Å². The lowest BCUT2D eigenvalue weighted by molar-refractivity contribution is 0.0707. The minimum absolute atomic E-state index is 0. The highest BCUT2D eigenvalue weighted by Gasteiger charge is 2.43. The van der Waals surface area contributed by atoms with Crippen molar-refractivity contribution in [1.82, 2.24) is 9.62 Å². The molecule has 1 aromatic rings. The first-order valence-electron chi connectivity index (χ1n) is 8.51. The molecule has 0 bridgehead atoms. The van der Waals surface area contributed by atoms with Crippen LogP contribution in [-0.4, -0.2) is 55.9 Å². The normalized spacial score (nSPS) is 20.9. The zero-order valence-electron chi connectivity index (χ0n) is 15.2. The molecule has 0 spiro atoms. The van der Waals surface area contributed by atoms with Gasteiger partial charge < -0.3 is 15.8 Å². The van der Waals surface area contributed by atoms with Gasteiger partial charge in [-0.3, -0.25) is 9.59 Å². The Balaban J connectivity index is 0.00000261. The number of carbonyl (C=O) groups excluding carboxylic acids is 2. The number of fused-ring (bicyclic) bond motifs is 1. The molecule has 2 aliphatic heterocycles. The Labute approximate surface area is 164 Å². The van der Waals surface area contributed by atoms with Crippen molar-refractivity contribution in [2.24, 2.45) is 5.73 Å². The Bertz CT molecular complexity index is 850. The maximum Gasteiger partial charge on any atom is 0.269 e. The number of rotatable bonds is 5. The van der Waals surface area contributed by atoms with Crippen molar-refractivity contribution in [2.45, 2.75) is 43.2 Å². The molecule has 2 amide bonds. The Hall–Kier alpha value is -1.68. The van der Waals surface area contributed by atoms with Crippen molar-refractivity contribution in [3.63, 3.8) is 0 Å². The van der Waals surface area contributed by atoms with E-state index in [1.54, 1.807) is 13.8 Å². The number of nitrogens with two attached hydrogens (primary N) is 1. The summed E-state index contributed by atoms with van der Waals surface area (Å²) in [6.45, 7) is 4.33. The maximum atomic E-state index is 12.8. The van der Waals surface area contributed by atoms with Gasteiger partial charge in [0.2, 0.25) is 0 Å². The predicted molar refractivity (Wildman–Crippen MR) is 101 cm³/mol. The van der Waals surface area contributed by atoms with E-state index in [-0.39, 0.29) is 47.6 Å². The summed E-state index contributed by atoms with van der Waals surface area (Å²) in [5, 5.41) is 2.74. The number of benzene rings is 1. The predicted octanol–water partition coefficient (Wildman–Crippen LogP) is 0.899. The SMILES string of the molecule is CC(C)(CN)NC(=O)c1ccc2c(c1)S(=O)(=O)N(CC1CCCO1)C2=O.Cl. The van der Waals surface area contributed by atoms with Crippen LogP contribution in [0.4, 0.5) is 0 Å². The van der Waals surface area contributed by atoms with Crippen LogP contribution in [0.15, 0.2) is 23.1 Å². The summed E-state index contributed by atoms with van der Waals surface area (Å²) in [6, 6.07) is 4.08. The molecule has 2 heterocycles. The highest BCUT2D eigenvalue weighted by molar-refractivity contribution is 7.90. The summed E-state index contributed by atoms with van der Waals surface area (Å²) in [5.74, 6) is -1.02. The second-order valence-corrected chi connectivity index (χ2v) is 9.06. The van der Waals surface area contributed by atoms with Crippen LogP contribution in [0.25, 0.3) is 0 Å². The van der Waals surface area contributed by atoms with Crippen LogP contribution < -0.4 is 11.1 Å². The molecule has 0 aliphatic carbocycles. The third kappa shape index (κ3) is 4.11. The Morgan fingerprint density at radius 3 is 2.70 bits per heavy atom. The van der Waals surface area contributed by atoms with Crippen LogP contribution in [0.5, 0.6) is 0 Å². The fraction of sp³-hybridized carbons (Fsp3) is 0.529. The van der Waals surface area contributed by atoms with Crippen LogP contribution in [-0.2, 0) is 14.8 Å². The van der Waals surface area contributed by atoms with E-state index in [2.05, 4.69) is 5.32 Å².